The first-order valence-electron chi connectivity index (χ1n) is 10.5. The third-order valence-electron chi connectivity index (χ3n) is 3.99. The summed E-state index contributed by atoms with van der Waals surface area (Å²) in [5.41, 5.74) is -0.208. The molecule has 0 aliphatic heterocycles. The number of aldehydes is 1. The Balaban J connectivity index is 0. The van der Waals surface area contributed by atoms with Crippen LogP contribution in [0, 0.1) is 12.7 Å². The monoisotopic (exact) mass is 511 g/mol. The van der Waals surface area contributed by atoms with Crippen LogP contribution in [0.2, 0.25) is 5.02 Å². The van der Waals surface area contributed by atoms with E-state index in [2.05, 4.69) is 13.5 Å². The molecule has 1 atom stereocenters. The van der Waals surface area contributed by atoms with Crippen molar-refractivity contribution in [2.75, 3.05) is 7.05 Å². The standard InChI is InChI=1S/C13H16ClFOS.C9H12F3NO.C2H6/c1-3-4-5-10(8-16)17-13-6-9(2)12(15)7-11(13)14;1-6(2)5-8(9(10,11)12)13(4)7(3)14;1-2/h6-8,10H,3-5H2,1-2H3;5H,1H2,2-4H3;1-2H3/b;8-5-;. The normalized spacial score (nSPS) is 11.9. The summed E-state index contributed by atoms with van der Waals surface area (Å²) in [5.74, 6) is -0.981. The first kappa shape index (κ1) is 33.4. The number of carbonyl (C=O) groups is 2. The lowest BCUT2D eigenvalue weighted by Crippen LogP contribution is -2.32. The third-order valence-corrected chi connectivity index (χ3v) is 5.66. The number of rotatable bonds is 8. The summed E-state index contributed by atoms with van der Waals surface area (Å²) < 4.78 is 50.4. The Labute approximate surface area is 204 Å². The molecule has 1 aromatic rings. The van der Waals surface area contributed by atoms with E-state index in [1.165, 1.54) is 24.8 Å². The fourth-order valence-corrected chi connectivity index (χ4v) is 3.58. The Hall–Kier alpha value is -1.80. The van der Waals surface area contributed by atoms with Crippen molar-refractivity contribution in [2.24, 2.45) is 0 Å². The van der Waals surface area contributed by atoms with Gasteiger partial charge in [0.25, 0.3) is 0 Å². The summed E-state index contributed by atoms with van der Waals surface area (Å²) in [4.78, 5) is 23.0. The van der Waals surface area contributed by atoms with Crippen molar-refractivity contribution < 1.29 is 27.2 Å². The van der Waals surface area contributed by atoms with E-state index in [1.807, 2.05) is 13.8 Å². The van der Waals surface area contributed by atoms with Gasteiger partial charge in [-0.15, -0.1) is 11.8 Å². The highest BCUT2D eigenvalue weighted by atomic mass is 35.5. The summed E-state index contributed by atoms with van der Waals surface area (Å²) in [7, 11) is 1.07. The van der Waals surface area contributed by atoms with Crippen LogP contribution >= 0.6 is 23.4 Å². The molecular formula is C24H34ClF4NO2S. The second-order valence-electron chi connectivity index (χ2n) is 6.92. The van der Waals surface area contributed by atoms with Gasteiger partial charge in [-0.05, 0) is 44.0 Å². The molecule has 3 nitrogen and oxygen atoms in total. The number of aryl methyl sites for hydroxylation is 1. The number of allylic oxidation sites excluding steroid dienone is 3. The van der Waals surface area contributed by atoms with Gasteiger partial charge < -0.3 is 9.69 Å². The Morgan fingerprint density at radius 3 is 2.21 bits per heavy atom. The van der Waals surface area contributed by atoms with Crippen LogP contribution in [0.15, 0.2) is 41.0 Å². The zero-order chi connectivity index (χ0) is 26.4. The molecule has 9 heteroatoms. The quantitative estimate of drug-likeness (QED) is 0.153. The van der Waals surface area contributed by atoms with Crippen molar-refractivity contribution in [1.29, 1.82) is 0 Å². The largest absolute Gasteiger partial charge is 0.431 e. The van der Waals surface area contributed by atoms with Crippen molar-refractivity contribution in [2.45, 2.75) is 77.1 Å². The average Bonchev–Trinajstić information content (AvgIpc) is 2.73. The van der Waals surface area contributed by atoms with E-state index in [0.29, 0.717) is 15.5 Å². The summed E-state index contributed by atoms with van der Waals surface area (Å²) in [5, 5.41) is 0.277. The average molecular weight is 512 g/mol. The molecule has 0 heterocycles. The summed E-state index contributed by atoms with van der Waals surface area (Å²) in [6.07, 6.45) is 0.128. The lowest BCUT2D eigenvalue weighted by Gasteiger charge is -2.21. The molecule has 0 saturated carbocycles. The number of nitrogens with zero attached hydrogens (tertiary/aromatic N) is 1. The highest BCUT2D eigenvalue weighted by Crippen LogP contribution is 2.33. The molecule has 0 aromatic heterocycles. The van der Waals surface area contributed by atoms with Crippen molar-refractivity contribution in [3.8, 4) is 0 Å². The fourth-order valence-electron chi connectivity index (χ4n) is 2.22. The van der Waals surface area contributed by atoms with Gasteiger partial charge in [0, 0.05) is 18.9 Å². The van der Waals surface area contributed by atoms with Crippen LogP contribution in [0.3, 0.4) is 0 Å². The number of alkyl halides is 3. The molecule has 1 unspecified atom stereocenters. The molecule has 0 fully saturated rings. The zero-order valence-electron chi connectivity index (χ0n) is 20.3. The number of hydrogen-bond acceptors (Lipinski definition) is 3. The maximum Gasteiger partial charge on any atom is 0.431 e. The first-order valence-corrected chi connectivity index (χ1v) is 11.8. The molecule has 1 amide bonds. The third kappa shape index (κ3) is 13.5. The van der Waals surface area contributed by atoms with Crippen LogP contribution in [-0.2, 0) is 9.59 Å². The van der Waals surface area contributed by atoms with Crippen molar-refractivity contribution in [3.63, 3.8) is 0 Å². The SMILES string of the molecule is C=C(C)/C=C(\N(C)C(C)=O)C(F)(F)F.CC.CCCCC(C=O)Sc1cc(C)c(F)cc1Cl. The predicted molar refractivity (Wildman–Crippen MR) is 130 cm³/mol. The molecule has 0 spiro atoms. The molecule has 0 radical (unpaired) electrons. The van der Waals surface area contributed by atoms with Gasteiger partial charge in [-0.1, -0.05) is 57.4 Å². The first-order chi connectivity index (χ1) is 15.2. The summed E-state index contributed by atoms with van der Waals surface area (Å²) >= 11 is 7.37. The van der Waals surface area contributed by atoms with E-state index in [1.54, 1.807) is 13.0 Å². The Morgan fingerprint density at radius 1 is 1.27 bits per heavy atom. The molecule has 33 heavy (non-hydrogen) atoms. The van der Waals surface area contributed by atoms with Gasteiger partial charge in [-0.3, -0.25) is 4.79 Å². The van der Waals surface area contributed by atoms with Crippen LogP contribution in [0.25, 0.3) is 0 Å². The van der Waals surface area contributed by atoms with Gasteiger partial charge in [0.15, 0.2) is 0 Å². The molecule has 0 saturated heterocycles. The molecule has 0 N–H and O–H groups in total. The fraction of sp³-hybridized carbons (Fsp3) is 0.500. The van der Waals surface area contributed by atoms with Crippen LogP contribution in [0.5, 0.6) is 0 Å². The molecule has 188 valence electrons. The van der Waals surface area contributed by atoms with Gasteiger partial charge in [0.05, 0.1) is 10.3 Å². The summed E-state index contributed by atoms with van der Waals surface area (Å²) in [6.45, 7) is 13.6. The number of unbranched alkanes of at least 4 members (excludes halogenated alkanes) is 1. The van der Waals surface area contributed by atoms with Crippen molar-refractivity contribution in [1.82, 2.24) is 4.90 Å². The molecule has 0 aliphatic rings. The minimum atomic E-state index is -4.54. The number of hydrogen-bond donors (Lipinski definition) is 0. The molecular weight excluding hydrogens is 478 g/mol. The number of thioether (sulfide) groups is 1. The predicted octanol–water partition coefficient (Wildman–Crippen LogP) is 8.15. The minimum absolute atomic E-state index is 0.0997. The lowest BCUT2D eigenvalue weighted by atomic mass is 10.2. The van der Waals surface area contributed by atoms with Gasteiger partial charge in [0.1, 0.15) is 17.8 Å². The maximum atomic E-state index is 13.2. The van der Waals surface area contributed by atoms with E-state index in [4.69, 9.17) is 11.6 Å². The van der Waals surface area contributed by atoms with E-state index in [0.717, 1.165) is 50.5 Å². The van der Waals surface area contributed by atoms with E-state index < -0.39 is 17.8 Å². The van der Waals surface area contributed by atoms with E-state index in [9.17, 15) is 27.2 Å². The smallest absolute Gasteiger partial charge is 0.311 e. The highest BCUT2D eigenvalue weighted by molar-refractivity contribution is 8.00. The molecule has 1 rings (SSSR count). The van der Waals surface area contributed by atoms with E-state index >= 15 is 0 Å². The van der Waals surface area contributed by atoms with Crippen LogP contribution in [-0.4, -0.2) is 35.6 Å². The lowest BCUT2D eigenvalue weighted by molar-refractivity contribution is -0.138. The number of benzene rings is 1. The maximum absolute atomic E-state index is 13.2. The highest BCUT2D eigenvalue weighted by Gasteiger charge is 2.37. The van der Waals surface area contributed by atoms with Gasteiger partial charge in [0.2, 0.25) is 5.91 Å². The van der Waals surface area contributed by atoms with Crippen LogP contribution in [0.4, 0.5) is 17.6 Å². The van der Waals surface area contributed by atoms with Gasteiger partial charge >= 0.3 is 6.18 Å². The minimum Gasteiger partial charge on any atom is -0.311 e. The Bertz CT molecular complexity index is 810. The van der Waals surface area contributed by atoms with Crippen molar-refractivity contribution in [3.05, 3.63) is 52.5 Å². The zero-order valence-corrected chi connectivity index (χ0v) is 21.8. The van der Waals surface area contributed by atoms with Crippen LogP contribution in [0.1, 0.15) is 59.4 Å². The van der Waals surface area contributed by atoms with E-state index in [-0.39, 0.29) is 16.6 Å². The molecule has 0 bridgehead atoms. The topological polar surface area (TPSA) is 37.4 Å². The van der Waals surface area contributed by atoms with Gasteiger partial charge in [-0.25, -0.2) is 4.39 Å². The number of carbonyl (C=O) groups excluding carboxylic acids is 2. The second kappa shape index (κ2) is 16.8. The molecule has 1 aromatic carbocycles. The molecule has 0 aliphatic carbocycles. The Kier molecular flexibility index (Phi) is 16.9. The van der Waals surface area contributed by atoms with Crippen LogP contribution < -0.4 is 0 Å². The summed E-state index contributed by atoms with van der Waals surface area (Å²) in [6, 6.07) is 3.01. The Morgan fingerprint density at radius 2 is 1.82 bits per heavy atom. The number of halogens is 5. The second-order valence-corrected chi connectivity index (χ2v) is 8.61. The number of amides is 1. The van der Waals surface area contributed by atoms with Gasteiger partial charge in [-0.2, -0.15) is 13.2 Å². The van der Waals surface area contributed by atoms with Crippen molar-refractivity contribution >= 4 is 35.6 Å².